The second-order valence-electron chi connectivity index (χ2n) is 1.87. The summed E-state index contributed by atoms with van der Waals surface area (Å²) in [5.74, 6) is 0.762. The molecule has 0 amide bonds. The third-order valence-electron chi connectivity index (χ3n) is 1.10. The quantitative estimate of drug-likeness (QED) is 0.605. The summed E-state index contributed by atoms with van der Waals surface area (Å²) < 4.78 is 5.04. The maximum atomic E-state index is 9.98. The van der Waals surface area contributed by atoms with Crippen LogP contribution < -0.4 is 9.84 Å². The van der Waals surface area contributed by atoms with Gasteiger partial charge >= 0.3 is 0 Å². The maximum absolute atomic E-state index is 9.98. The Morgan fingerprint density at radius 1 is 1.20 bits per heavy atom. The van der Waals surface area contributed by atoms with E-state index in [9.17, 15) is 5.11 Å². The van der Waals surface area contributed by atoms with Gasteiger partial charge in [0.2, 0.25) is 0 Å². The molecule has 0 atom stereocenters. The summed E-state index contributed by atoms with van der Waals surface area (Å²) in [6, 6.07) is 9.32. The fraction of sp³-hybridized carbons (Fsp3) is 0.250. The summed E-state index contributed by atoms with van der Waals surface area (Å²) in [5.41, 5.74) is 0. The van der Waals surface area contributed by atoms with Gasteiger partial charge in [-0.15, -0.1) is 6.61 Å². The molecule has 0 aromatic heterocycles. The topological polar surface area (TPSA) is 32.3 Å². The molecule has 0 saturated heterocycles. The molecular formula is C8H9O2-. The minimum Gasteiger partial charge on any atom is -0.852 e. The third kappa shape index (κ3) is 2.07. The molecule has 0 aliphatic carbocycles. The molecule has 2 nitrogen and oxygen atoms in total. The average Bonchev–Trinajstić information content (AvgIpc) is 2.03. The molecule has 0 heterocycles. The van der Waals surface area contributed by atoms with Crippen LogP contribution in [0.1, 0.15) is 0 Å². The SMILES string of the molecule is [O-]CCOc1ccccc1. The van der Waals surface area contributed by atoms with Crippen molar-refractivity contribution in [2.45, 2.75) is 0 Å². The molecule has 0 saturated carbocycles. The van der Waals surface area contributed by atoms with Crippen LogP contribution in [0.3, 0.4) is 0 Å². The van der Waals surface area contributed by atoms with Crippen LogP contribution in [0, 0.1) is 0 Å². The Labute approximate surface area is 60.1 Å². The zero-order chi connectivity index (χ0) is 7.23. The van der Waals surface area contributed by atoms with Gasteiger partial charge in [-0.1, -0.05) is 18.2 Å². The van der Waals surface area contributed by atoms with Gasteiger partial charge in [0.05, 0.1) is 6.61 Å². The van der Waals surface area contributed by atoms with Gasteiger partial charge in [-0.05, 0) is 12.1 Å². The number of para-hydroxylation sites is 1. The van der Waals surface area contributed by atoms with E-state index in [4.69, 9.17) is 4.74 Å². The maximum Gasteiger partial charge on any atom is 0.119 e. The Morgan fingerprint density at radius 3 is 2.50 bits per heavy atom. The Hall–Kier alpha value is -1.02. The number of hydrogen-bond donors (Lipinski definition) is 0. The first-order valence-corrected chi connectivity index (χ1v) is 3.19. The predicted octanol–water partition coefficient (Wildman–Crippen LogP) is 0.426. The van der Waals surface area contributed by atoms with Gasteiger partial charge in [0.1, 0.15) is 5.75 Å². The van der Waals surface area contributed by atoms with E-state index in [0.29, 0.717) is 0 Å². The van der Waals surface area contributed by atoms with Crippen LogP contribution in [0.5, 0.6) is 5.75 Å². The zero-order valence-electron chi connectivity index (χ0n) is 5.62. The summed E-state index contributed by atoms with van der Waals surface area (Å²) in [6.07, 6.45) is 0. The number of rotatable bonds is 3. The summed E-state index contributed by atoms with van der Waals surface area (Å²) in [7, 11) is 0. The van der Waals surface area contributed by atoms with E-state index in [1.54, 1.807) is 0 Å². The molecule has 0 N–H and O–H groups in total. The molecule has 0 radical (unpaired) electrons. The van der Waals surface area contributed by atoms with E-state index in [2.05, 4.69) is 0 Å². The third-order valence-corrected chi connectivity index (χ3v) is 1.10. The van der Waals surface area contributed by atoms with Gasteiger partial charge in [0.25, 0.3) is 0 Å². The minimum atomic E-state index is -0.186. The van der Waals surface area contributed by atoms with Gasteiger partial charge in [0.15, 0.2) is 0 Å². The van der Waals surface area contributed by atoms with Crippen molar-refractivity contribution in [1.29, 1.82) is 0 Å². The van der Waals surface area contributed by atoms with E-state index in [1.807, 2.05) is 30.3 Å². The van der Waals surface area contributed by atoms with Crippen molar-refractivity contribution in [1.82, 2.24) is 0 Å². The first-order chi connectivity index (χ1) is 4.93. The van der Waals surface area contributed by atoms with E-state index in [0.717, 1.165) is 5.75 Å². The molecule has 54 valence electrons. The highest BCUT2D eigenvalue weighted by Crippen LogP contribution is 2.06. The van der Waals surface area contributed by atoms with Gasteiger partial charge in [-0.3, -0.25) is 0 Å². The lowest BCUT2D eigenvalue weighted by Gasteiger charge is -2.06. The fourth-order valence-corrected chi connectivity index (χ4v) is 0.676. The Bertz CT molecular complexity index is 172. The largest absolute Gasteiger partial charge is 0.852 e. The highest BCUT2D eigenvalue weighted by atomic mass is 16.5. The number of benzene rings is 1. The van der Waals surface area contributed by atoms with Gasteiger partial charge in [-0.2, -0.15) is 0 Å². The van der Waals surface area contributed by atoms with Crippen molar-refractivity contribution >= 4 is 0 Å². The van der Waals surface area contributed by atoms with Crippen molar-refractivity contribution in [3.05, 3.63) is 30.3 Å². The second kappa shape index (κ2) is 3.90. The number of ether oxygens (including phenoxy) is 1. The van der Waals surface area contributed by atoms with Crippen LogP contribution in [0.2, 0.25) is 0 Å². The smallest absolute Gasteiger partial charge is 0.119 e. The lowest BCUT2D eigenvalue weighted by molar-refractivity contribution is -0.370. The van der Waals surface area contributed by atoms with Crippen LogP contribution in [-0.4, -0.2) is 13.2 Å². The molecule has 0 fully saturated rings. The lowest BCUT2D eigenvalue weighted by atomic mass is 10.3. The van der Waals surface area contributed by atoms with Crippen LogP contribution in [0.15, 0.2) is 30.3 Å². The number of hydrogen-bond acceptors (Lipinski definition) is 2. The van der Waals surface area contributed by atoms with Crippen molar-refractivity contribution in [3.63, 3.8) is 0 Å². The van der Waals surface area contributed by atoms with Gasteiger partial charge in [0, 0.05) is 0 Å². The van der Waals surface area contributed by atoms with Crippen LogP contribution in [0.4, 0.5) is 0 Å². The highest BCUT2D eigenvalue weighted by Gasteiger charge is 1.84. The summed E-state index contributed by atoms with van der Waals surface area (Å²) in [4.78, 5) is 0. The summed E-state index contributed by atoms with van der Waals surface area (Å²) in [5, 5.41) is 9.98. The van der Waals surface area contributed by atoms with Crippen molar-refractivity contribution in [2.24, 2.45) is 0 Å². The molecule has 2 heteroatoms. The Kier molecular flexibility index (Phi) is 2.77. The minimum absolute atomic E-state index is 0.186. The molecular weight excluding hydrogens is 128 g/mol. The first-order valence-electron chi connectivity index (χ1n) is 3.19. The second-order valence-corrected chi connectivity index (χ2v) is 1.87. The van der Waals surface area contributed by atoms with E-state index < -0.39 is 0 Å². The molecule has 0 unspecified atom stereocenters. The zero-order valence-corrected chi connectivity index (χ0v) is 5.62. The van der Waals surface area contributed by atoms with E-state index in [1.165, 1.54) is 0 Å². The van der Waals surface area contributed by atoms with E-state index in [-0.39, 0.29) is 13.2 Å². The van der Waals surface area contributed by atoms with Crippen molar-refractivity contribution in [3.8, 4) is 5.75 Å². The van der Waals surface area contributed by atoms with Crippen molar-refractivity contribution in [2.75, 3.05) is 13.2 Å². The monoisotopic (exact) mass is 137 g/mol. The summed E-state index contributed by atoms with van der Waals surface area (Å²) in [6.45, 7) is 0.0684. The standard InChI is InChI=1S/C8H9O2/c9-6-7-10-8-4-2-1-3-5-8/h1-5H,6-7H2/q-1. The molecule has 0 bridgehead atoms. The average molecular weight is 137 g/mol. The Morgan fingerprint density at radius 2 is 1.90 bits per heavy atom. The summed E-state index contributed by atoms with van der Waals surface area (Å²) >= 11 is 0. The lowest BCUT2D eigenvalue weighted by Crippen LogP contribution is -2.14. The van der Waals surface area contributed by atoms with Crippen LogP contribution >= 0.6 is 0 Å². The highest BCUT2D eigenvalue weighted by molar-refractivity contribution is 5.20. The van der Waals surface area contributed by atoms with Crippen LogP contribution in [-0.2, 0) is 0 Å². The molecule has 10 heavy (non-hydrogen) atoms. The Balaban J connectivity index is 2.43. The predicted molar refractivity (Wildman–Crippen MR) is 36.8 cm³/mol. The van der Waals surface area contributed by atoms with Crippen LogP contribution in [0.25, 0.3) is 0 Å². The van der Waals surface area contributed by atoms with Crippen molar-refractivity contribution < 1.29 is 9.84 Å². The first kappa shape index (κ1) is 7.09. The molecule has 0 spiro atoms. The van der Waals surface area contributed by atoms with Gasteiger partial charge < -0.3 is 9.84 Å². The molecule has 1 rings (SSSR count). The van der Waals surface area contributed by atoms with E-state index >= 15 is 0 Å². The van der Waals surface area contributed by atoms with Gasteiger partial charge in [-0.25, -0.2) is 0 Å². The molecule has 1 aromatic carbocycles. The molecule has 1 aromatic rings. The normalized spacial score (nSPS) is 9.30. The molecule has 0 aliphatic rings. The fourth-order valence-electron chi connectivity index (χ4n) is 0.676. The molecule has 0 aliphatic heterocycles.